The molecule has 3 heteroatoms. The zero-order valence-electron chi connectivity index (χ0n) is 11.5. The Morgan fingerprint density at radius 3 is 2.25 bits per heavy atom. The number of hydrogen-bond donors (Lipinski definition) is 2. The Bertz CT molecular complexity index is 549. The number of carbonyl (C=O) groups is 1. The number of carboxylic acids is 1. The molecule has 0 aliphatic heterocycles. The van der Waals surface area contributed by atoms with Gasteiger partial charge in [0.1, 0.15) is 0 Å². The Kier molecular flexibility index (Phi) is 4.77. The SMILES string of the molecule is CC(CNc1ccc(-c2ccccc2)cc1)CC(=O)O. The number of hydrogen-bond acceptors (Lipinski definition) is 2. The minimum absolute atomic E-state index is 0.112. The van der Waals surface area contributed by atoms with Crippen molar-refractivity contribution in [2.24, 2.45) is 5.92 Å². The molecular weight excluding hydrogens is 250 g/mol. The molecule has 0 fully saturated rings. The van der Waals surface area contributed by atoms with Crippen molar-refractivity contribution in [1.29, 1.82) is 0 Å². The monoisotopic (exact) mass is 269 g/mol. The summed E-state index contributed by atoms with van der Waals surface area (Å²) >= 11 is 0. The molecule has 0 aliphatic rings. The van der Waals surface area contributed by atoms with E-state index in [2.05, 4.69) is 29.6 Å². The number of rotatable bonds is 6. The van der Waals surface area contributed by atoms with E-state index in [1.165, 1.54) is 11.1 Å². The fraction of sp³-hybridized carbons (Fsp3) is 0.235. The summed E-state index contributed by atoms with van der Waals surface area (Å²) < 4.78 is 0. The minimum atomic E-state index is -0.751. The Morgan fingerprint density at radius 2 is 1.65 bits per heavy atom. The van der Waals surface area contributed by atoms with Crippen LogP contribution in [0.4, 0.5) is 5.69 Å². The van der Waals surface area contributed by atoms with Gasteiger partial charge in [0, 0.05) is 18.7 Å². The average Bonchev–Trinajstić information content (AvgIpc) is 2.46. The van der Waals surface area contributed by atoms with Crippen molar-refractivity contribution in [3.05, 3.63) is 54.6 Å². The van der Waals surface area contributed by atoms with Crippen LogP contribution in [0.1, 0.15) is 13.3 Å². The van der Waals surface area contributed by atoms with Gasteiger partial charge in [0.2, 0.25) is 0 Å². The third kappa shape index (κ3) is 4.12. The van der Waals surface area contributed by atoms with Crippen molar-refractivity contribution in [3.8, 4) is 11.1 Å². The van der Waals surface area contributed by atoms with E-state index in [1.54, 1.807) is 0 Å². The van der Waals surface area contributed by atoms with Crippen LogP contribution in [-0.4, -0.2) is 17.6 Å². The lowest BCUT2D eigenvalue weighted by atomic mass is 10.1. The van der Waals surface area contributed by atoms with E-state index in [-0.39, 0.29) is 12.3 Å². The maximum Gasteiger partial charge on any atom is 0.303 e. The van der Waals surface area contributed by atoms with Crippen LogP contribution in [0.3, 0.4) is 0 Å². The van der Waals surface area contributed by atoms with E-state index in [0.29, 0.717) is 6.54 Å². The quantitative estimate of drug-likeness (QED) is 0.836. The highest BCUT2D eigenvalue weighted by atomic mass is 16.4. The van der Waals surface area contributed by atoms with E-state index in [1.807, 2.05) is 37.3 Å². The van der Waals surface area contributed by atoms with Crippen LogP contribution in [0.25, 0.3) is 11.1 Å². The first-order valence-electron chi connectivity index (χ1n) is 6.76. The first-order valence-corrected chi connectivity index (χ1v) is 6.76. The predicted molar refractivity (Wildman–Crippen MR) is 81.8 cm³/mol. The van der Waals surface area contributed by atoms with Crippen LogP contribution >= 0.6 is 0 Å². The summed E-state index contributed by atoms with van der Waals surface area (Å²) in [5.74, 6) is -0.639. The van der Waals surface area contributed by atoms with Gasteiger partial charge in [-0.15, -0.1) is 0 Å². The van der Waals surface area contributed by atoms with Crippen LogP contribution in [0.5, 0.6) is 0 Å². The standard InChI is InChI=1S/C17H19NO2/c1-13(11-17(19)20)12-18-16-9-7-15(8-10-16)14-5-3-2-4-6-14/h2-10,13,18H,11-12H2,1H3,(H,19,20). The number of anilines is 1. The van der Waals surface area contributed by atoms with Gasteiger partial charge >= 0.3 is 5.97 Å². The van der Waals surface area contributed by atoms with Crippen molar-refractivity contribution in [2.75, 3.05) is 11.9 Å². The summed E-state index contributed by atoms with van der Waals surface area (Å²) in [5, 5.41) is 12.0. The highest BCUT2D eigenvalue weighted by molar-refractivity contribution is 5.67. The third-order valence-corrected chi connectivity index (χ3v) is 3.17. The summed E-state index contributed by atoms with van der Waals surface area (Å²) in [6.45, 7) is 2.59. The predicted octanol–water partition coefficient (Wildman–Crippen LogP) is 3.88. The molecule has 0 heterocycles. The third-order valence-electron chi connectivity index (χ3n) is 3.17. The molecule has 2 N–H and O–H groups in total. The van der Waals surface area contributed by atoms with E-state index in [4.69, 9.17) is 5.11 Å². The Labute approximate surface area is 119 Å². The molecule has 0 saturated heterocycles. The first-order chi connectivity index (χ1) is 9.65. The summed E-state index contributed by atoms with van der Waals surface area (Å²) in [5.41, 5.74) is 3.38. The van der Waals surface area contributed by atoms with Gasteiger partial charge in [0.05, 0.1) is 0 Å². The second-order valence-corrected chi connectivity index (χ2v) is 5.03. The van der Waals surface area contributed by atoms with E-state index in [0.717, 1.165) is 5.69 Å². The van der Waals surface area contributed by atoms with Gasteiger partial charge in [-0.25, -0.2) is 0 Å². The maximum absolute atomic E-state index is 10.6. The number of aliphatic carboxylic acids is 1. The number of benzene rings is 2. The first kappa shape index (κ1) is 14.1. The van der Waals surface area contributed by atoms with Gasteiger partial charge in [-0.1, -0.05) is 49.4 Å². The molecule has 0 aromatic heterocycles. The Balaban J connectivity index is 1.94. The van der Waals surface area contributed by atoms with E-state index in [9.17, 15) is 4.79 Å². The molecule has 0 radical (unpaired) electrons. The number of nitrogens with one attached hydrogen (secondary N) is 1. The van der Waals surface area contributed by atoms with Crippen LogP contribution in [-0.2, 0) is 4.79 Å². The van der Waals surface area contributed by atoms with E-state index < -0.39 is 5.97 Å². The van der Waals surface area contributed by atoms with Gasteiger partial charge in [-0.3, -0.25) is 4.79 Å². The second-order valence-electron chi connectivity index (χ2n) is 5.03. The molecule has 0 amide bonds. The minimum Gasteiger partial charge on any atom is -0.481 e. The molecule has 0 bridgehead atoms. The molecule has 1 atom stereocenters. The highest BCUT2D eigenvalue weighted by Gasteiger charge is 2.07. The average molecular weight is 269 g/mol. The van der Waals surface area contributed by atoms with Crippen molar-refractivity contribution >= 4 is 11.7 Å². The Hall–Kier alpha value is -2.29. The lowest BCUT2D eigenvalue weighted by Gasteiger charge is -2.12. The Morgan fingerprint density at radius 1 is 1.05 bits per heavy atom. The smallest absolute Gasteiger partial charge is 0.303 e. The summed E-state index contributed by atoms with van der Waals surface area (Å²) in [6, 6.07) is 18.4. The molecule has 2 aromatic rings. The lowest BCUT2D eigenvalue weighted by molar-refractivity contribution is -0.137. The molecule has 20 heavy (non-hydrogen) atoms. The van der Waals surface area contributed by atoms with Gasteiger partial charge < -0.3 is 10.4 Å². The van der Waals surface area contributed by atoms with Gasteiger partial charge in [-0.05, 0) is 29.2 Å². The molecule has 104 valence electrons. The maximum atomic E-state index is 10.6. The van der Waals surface area contributed by atoms with E-state index >= 15 is 0 Å². The summed E-state index contributed by atoms with van der Waals surface area (Å²) in [7, 11) is 0. The summed E-state index contributed by atoms with van der Waals surface area (Å²) in [4.78, 5) is 10.6. The molecule has 0 aliphatic carbocycles. The van der Waals surface area contributed by atoms with Gasteiger partial charge in [-0.2, -0.15) is 0 Å². The summed E-state index contributed by atoms with van der Waals surface area (Å²) in [6.07, 6.45) is 0.190. The largest absolute Gasteiger partial charge is 0.481 e. The number of carboxylic acid groups (broad SMARTS) is 1. The van der Waals surface area contributed by atoms with Crippen LogP contribution in [0, 0.1) is 5.92 Å². The molecule has 0 spiro atoms. The molecule has 2 aromatic carbocycles. The normalized spacial score (nSPS) is 11.8. The molecule has 2 rings (SSSR count). The molecule has 3 nitrogen and oxygen atoms in total. The van der Waals surface area contributed by atoms with Crippen molar-refractivity contribution in [3.63, 3.8) is 0 Å². The molecule has 1 unspecified atom stereocenters. The fourth-order valence-corrected chi connectivity index (χ4v) is 2.07. The highest BCUT2D eigenvalue weighted by Crippen LogP contribution is 2.21. The van der Waals surface area contributed by atoms with Crippen LogP contribution < -0.4 is 5.32 Å². The van der Waals surface area contributed by atoms with Crippen molar-refractivity contribution in [2.45, 2.75) is 13.3 Å². The molecule has 0 saturated carbocycles. The second kappa shape index (κ2) is 6.75. The van der Waals surface area contributed by atoms with Gasteiger partial charge in [0.25, 0.3) is 0 Å². The zero-order chi connectivity index (χ0) is 14.4. The van der Waals surface area contributed by atoms with Crippen LogP contribution in [0.2, 0.25) is 0 Å². The molecular formula is C17H19NO2. The van der Waals surface area contributed by atoms with Crippen molar-refractivity contribution in [1.82, 2.24) is 0 Å². The van der Waals surface area contributed by atoms with Crippen LogP contribution in [0.15, 0.2) is 54.6 Å². The lowest BCUT2D eigenvalue weighted by Crippen LogP contribution is -2.14. The van der Waals surface area contributed by atoms with Gasteiger partial charge in [0.15, 0.2) is 0 Å². The fourth-order valence-electron chi connectivity index (χ4n) is 2.07. The van der Waals surface area contributed by atoms with Crippen molar-refractivity contribution < 1.29 is 9.90 Å². The topological polar surface area (TPSA) is 49.3 Å². The zero-order valence-corrected chi connectivity index (χ0v) is 11.5.